The third-order valence-corrected chi connectivity index (χ3v) is 6.08. The summed E-state index contributed by atoms with van der Waals surface area (Å²) in [6.07, 6.45) is 1.08. The molecule has 7 nitrogen and oxygen atoms in total. The molecule has 148 valence electrons. The number of hydrogen-bond acceptors (Lipinski definition) is 5. The standard InChI is InChI=1S/C19H27N3O4S/c1-19(2,3)26-18(23)21-12-15-7-6-10-22(13-15)27(24,25)14-17-9-5-4-8-16(17)11-20/h4-5,8-9,15H,6-7,10,12-14H2,1-3H3,(H,21,23). The van der Waals surface area contributed by atoms with Gasteiger partial charge in [0.25, 0.3) is 0 Å². The molecule has 0 spiro atoms. The van der Waals surface area contributed by atoms with E-state index in [0.29, 0.717) is 30.8 Å². The van der Waals surface area contributed by atoms with E-state index in [2.05, 4.69) is 5.32 Å². The Kier molecular flexibility index (Phi) is 6.84. The van der Waals surface area contributed by atoms with Crippen molar-refractivity contribution in [3.8, 4) is 6.07 Å². The monoisotopic (exact) mass is 393 g/mol. The molecule has 2 rings (SSSR count). The van der Waals surface area contributed by atoms with E-state index < -0.39 is 21.7 Å². The van der Waals surface area contributed by atoms with E-state index in [4.69, 9.17) is 10.00 Å². The van der Waals surface area contributed by atoms with Crippen LogP contribution in [0.1, 0.15) is 44.7 Å². The number of amides is 1. The minimum Gasteiger partial charge on any atom is -0.444 e. The molecule has 27 heavy (non-hydrogen) atoms. The van der Waals surface area contributed by atoms with Crippen molar-refractivity contribution in [3.05, 3.63) is 35.4 Å². The number of piperidine rings is 1. The van der Waals surface area contributed by atoms with Crippen LogP contribution in [0.25, 0.3) is 0 Å². The summed E-state index contributed by atoms with van der Waals surface area (Å²) in [4.78, 5) is 11.8. The highest BCUT2D eigenvalue weighted by Crippen LogP contribution is 2.22. The van der Waals surface area contributed by atoms with Gasteiger partial charge in [-0.1, -0.05) is 18.2 Å². The van der Waals surface area contributed by atoms with Crippen molar-refractivity contribution in [2.45, 2.75) is 45.0 Å². The van der Waals surface area contributed by atoms with Gasteiger partial charge in [0, 0.05) is 19.6 Å². The minimum atomic E-state index is -3.53. The van der Waals surface area contributed by atoms with E-state index in [0.717, 1.165) is 12.8 Å². The molecule has 0 aromatic heterocycles. The van der Waals surface area contributed by atoms with E-state index in [-0.39, 0.29) is 11.7 Å². The van der Waals surface area contributed by atoms with Crippen LogP contribution in [0.5, 0.6) is 0 Å². The van der Waals surface area contributed by atoms with Crippen LogP contribution < -0.4 is 5.32 Å². The molecular formula is C19H27N3O4S. The molecule has 0 bridgehead atoms. The molecule has 1 aliphatic heterocycles. The Bertz CT molecular complexity index is 809. The van der Waals surface area contributed by atoms with Crippen molar-refractivity contribution in [1.29, 1.82) is 5.26 Å². The molecule has 1 heterocycles. The highest BCUT2D eigenvalue weighted by molar-refractivity contribution is 7.88. The van der Waals surface area contributed by atoms with Crippen molar-refractivity contribution >= 4 is 16.1 Å². The fourth-order valence-corrected chi connectivity index (χ4v) is 4.70. The highest BCUT2D eigenvalue weighted by Gasteiger charge is 2.30. The number of nitrogens with zero attached hydrogens (tertiary/aromatic N) is 2. The molecule has 1 aliphatic rings. The van der Waals surface area contributed by atoms with Gasteiger partial charge < -0.3 is 10.1 Å². The van der Waals surface area contributed by atoms with Crippen LogP contribution in [-0.4, -0.2) is 44.1 Å². The predicted molar refractivity (Wildman–Crippen MR) is 102 cm³/mol. The molecule has 0 radical (unpaired) electrons. The quantitative estimate of drug-likeness (QED) is 0.829. The Labute approximate surface area is 161 Å². The number of nitriles is 1. The molecule has 0 aliphatic carbocycles. The average Bonchev–Trinajstić information content (AvgIpc) is 2.59. The summed E-state index contributed by atoms with van der Waals surface area (Å²) in [6, 6.07) is 8.77. The van der Waals surface area contributed by atoms with Gasteiger partial charge in [-0.25, -0.2) is 17.5 Å². The molecule has 1 aromatic rings. The largest absolute Gasteiger partial charge is 0.444 e. The molecular weight excluding hydrogens is 366 g/mol. The van der Waals surface area contributed by atoms with Gasteiger partial charge in [0.05, 0.1) is 17.4 Å². The van der Waals surface area contributed by atoms with Crippen LogP contribution in [0.3, 0.4) is 0 Å². The third kappa shape index (κ3) is 6.52. The zero-order valence-electron chi connectivity index (χ0n) is 16.1. The van der Waals surface area contributed by atoms with E-state index in [1.165, 1.54) is 4.31 Å². The first-order chi connectivity index (χ1) is 12.6. The number of rotatable bonds is 5. The maximum Gasteiger partial charge on any atom is 0.407 e. The number of sulfonamides is 1. The summed E-state index contributed by atoms with van der Waals surface area (Å²) >= 11 is 0. The minimum absolute atomic E-state index is 0.0345. The van der Waals surface area contributed by atoms with Crippen molar-refractivity contribution in [2.24, 2.45) is 5.92 Å². The SMILES string of the molecule is CC(C)(C)OC(=O)NCC1CCCN(S(=O)(=O)Cc2ccccc2C#N)C1. The molecule has 1 amide bonds. The van der Waals surface area contributed by atoms with Crippen LogP contribution in [0.15, 0.2) is 24.3 Å². The van der Waals surface area contributed by atoms with Crippen molar-refractivity contribution in [1.82, 2.24) is 9.62 Å². The van der Waals surface area contributed by atoms with Crippen LogP contribution in [0.2, 0.25) is 0 Å². The Morgan fingerprint density at radius 3 is 2.74 bits per heavy atom. The van der Waals surface area contributed by atoms with Gasteiger partial charge in [-0.05, 0) is 51.2 Å². The van der Waals surface area contributed by atoms with E-state index in [9.17, 15) is 13.2 Å². The number of carbonyl (C=O) groups excluding carboxylic acids is 1. The van der Waals surface area contributed by atoms with Crippen LogP contribution in [0, 0.1) is 17.2 Å². The normalized spacial score (nSPS) is 18.5. The van der Waals surface area contributed by atoms with E-state index >= 15 is 0 Å². The van der Waals surface area contributed by atoms with Crippen molar-refractivity contribution in [3.63, 3.8) is 0 Å². The van der Waals surface area contributed by atoms with Crippen LogP contribution >= 0.6 is 0 Å². The number of alkyl carbamates (subject to hydrolysis) is 1. The zero-order chi connectivity index (χ0) is 20.1. The highest BCUT2D eigenvalue weighted by atomic mass is 32.2. The van der Waals surface area contributed by atoms with E-state index in [1.54, 1.807) is 45.0 Å². The Morgan fingerprint density at radius 2 is 2.07 bits per heavy atom. The molecule has 1 fully saturated rings. The summed E-state index contributed by atoms with van der Waals surface area (Å²) in [5, 5.41) is 11.9. The third-order valence-electron chi connectivity index (χ3n) is 4.28. The summed E-state index contributed by atoms with van der Waals surface area (Å²) in [5.74, 6) is -0.157. The van der Waals surface area contributed by atoms with Gasteiger partial charge in [-0.3, -0.25) is 0 Å². The lowest BCUT2D eigenvalue weighted by Crippen LogP contribution is -2.44. The summed E-state index contributed by atoms with van der Waals surface area (Å²) in [7, 11) is -3.53. The first kappa shape index (κ1) is 21.2. The summed E-state index contributed by atoms with van der Waals surface area (Å²) in [5.41, 5.74) is 0.315. The van der Waals surface area contributed by atoms with Gasteiger partial charge >= 0.3 is 6.09 Å². The molecule has 1 aromatic carbocycles. The van der Waals surface area contributed by atoms with Gasteiger partial charge in [0.2, 0.25) is 10.0 Å². The van der Waals surface area contributed by atoms with Gasteiger partial charge in [0.1, 0.15) is 5.60 Å². The van der Waals surface area contributed by atoms with Crippen LogP contribution in [0.4, 0.5) is 4.79 Å². The maximum absolute atomic E-state index is 12.8. The Balaban J connectivity index is 1.96. The predicted octanol–water partition coefficient (Wildman–Crippen LogP) is 2.62. The molecule has 0 saturated carbocycles. The number of benzene rings is 1. The second kappa shape index (κ2) is 8.72. The van der Waals surface area contributed by atoms with Gasteiger partial charge in [-0.15, -0.1) is 0 Å². The number of ether oxygens (including phenoxy) is 1. The molecule has 1 N–H and O–H groups in total. The lowest BCUT2D eigenvalue weighted by Gasteiger charge is -2.32. The lowest BCUT2D eigenvalue weighted by molar-refractivity contribution is 0.0513. The first-order valence-electron chi connectivity index (χ1n) is 9.03. The molecule has 1 saturated heterocycles. The number of carbonyl (C=O) groups is 1. The summed E-state index contributed by atoms with van der Waals surface area (Å²) in [6.45, 7) is 6.56. The second-order valence-corrected chi connectivity index (χ2v) is 9.74. The molecule has 8 heteroatoms. The average molecular weight is 394 g/mol. The lowest BCUT2D eigenvalue weighted by atomic mass is 10.00. The number of nitrogens with one attached hydrogen (secondary N) is 1. The van der Waals surface area contributed by atoms with Crippen molar-refractivity contribution in [2.75, 3.05) is 19.6 Å². The number of hydrogen-bond donors (Lipinski definition) is 1. The maximum atomic E-state index is 12.8. The smallest absolute Gasteiger partial charge is 0.407 e. The molecule has 1 atom stereocenters. The summed E-state index contributed by atoms with van der Waals surface area (Å²) < 4.78 is 32.3. The fourth-order valence-electron chi connectivity index (χ4n) is 3.03. The van der Waals surface area contributed by atoms with Gasteiger partial charge in [-0.2, -0.15) is 5.26 Å². The van der Waals surface area contributed by atoms with E-state index in [1.807, 2.05) is 6.07 Å². The first-order valence-corrected chi connectivity index (χ1v) is 10.6. The second-order valence-electron chi connectivity index (χ2n) is 7.77. The molecule has 1 unspecified atom stereocenters. The van der Waals surface area contributed by atoms with Crippen LogP contribution in [-0.2, 0) is 20.5 Å². The van der Waals surface area contributed by atoms with Gasteiger partial charge in [0.15, 0.2) is 0 Å². The topological polar surface area (TPSA) is 99.5 Å². The Morgan fingerprint density at radius 1 is 1.37 bits per heavy atom. The van der Waals surface area contributed by atoms with Crippen molar-refractivity contribution < 1.29 is 17.9 Å². The zero-order valence-corrected chi connectivity index (χ0v) is 16.9. The Hall–Kier alpha value is -2.11. The fraction of sp³-hybridized carbons (Fsp3) is 0.579.